The number of oxime groups is 1. The summed E-state index contributed by atoms with van der Waals surface area (Å²) < 4.78 is 0. The van der Waals surface area contributed by atoms with Gasteiger partial charge in [-0.15, -0.1) is 23.1 Å². The minimum atomic E-state index is -1.17. The highest BCUT2D eigenvalue weighted by Crippen LogP contribution is 2.42. The molecule has 3 N–H and O–H groups in total. The van der Waals surface area contributed by atoms with Crippen molar-refractivity contribution in [2.75, 3.05) is 18.2 Å². The Hall–Kier alpha value is -4.94. The predicted octanol–water partition coefficient (Wildman–Crippen LogP) is 4.66. The molecule has 228 valence electrons. The molecule has 12 heteroatoms. The molecule has 0 radical (unpaired) electrons. The molecule has 1 unspecified atom stereocenters. The lowest BCUT2D eigenvalue weighted by Crippen LogP contribution is -2.71. The topological polar surface area (TPSA) is 133 Å². The van der Waals surface area contributed by atoms with Gasteiger partial charge in [0.05, 0.1) is 0 Å². The van der Waals surface area contributed by atoms with E-state index in [1.165, 1.54) is 35.1 Å². The Balaban J connectivity index is 1.31. The fourth-order valence-electron chi connectivity index (χ4n) is 5.66. The van der Waals surface area contributed by atoms with Gasteiger partial charge < -0.3 is 20.6 Å². The number of carbonyl (C=O) groups excluding carboxylic acids is 2. The van der Waals surface area contributed by atoms with Crippen molar-refractivity contribution in [2.24, 2.45) is 5.16 Å². The van der Waals surface area contributed by atoms with Crippen molar-refractivity contribution in [2.45, 2.75) is 23.9 Å². The number of amides is 2. The quantitative estimate of drug-likeness (QED) is 0.0989. The molecule has 0 aliphatic carbocycles. The average Bonchev–Trinajstić information content (AvgIpc) is 3.53. The number of β-lactam (4-membered cyclic amide) rings is 1. The van der Waals surface area contributed by atoms with Crippen molar-refractivity contribution in [3.8, 4) is 0 Å². The molecule has 2 atom stereocenters. The van der Waals surface area contributed by atoms with Gasteiger partial charge in [-0.1, -0.05) is 96.2 Å². The fourth-order valence-corrected chi connectivity index (χ4v) is 7.71. The molecule has 2 aliphatic heterocycles. The van der Waals surface area contributed by atoms with E-state index in [1.54, 1.807) is 12.3 Å². The number of aliphatic carboxylic acids is 1. The van der Waals surface area contributed by atoms with Crippen LogP contribution in [-0.4, -0.2) is 62.8 Å². The number of benzene rings is 3. The number of thioether (sulfide) groups is 1. The Morgan fingerprint density at radius 1 is 0.978 bits per heavy atom. The van der Waals surface area contributed by atoms with Gasteiger partial charge in [-0.3, -0.25) is 14.5 Å². The Morgan fingerprint density at radius 3 is 2.04 bits per heavy atom. The number of aromatic nitrogens is 1. The van der Waals surface area contributed by atoms with E-state index in [1.807, 2.05) is 54.6 Å². The Morgan fingerprint density at radius 2 is 1.53 bits per heavy atom. The molecule has 1 aromatic heterocycles. The first-order valence-corrected chi connectivity index (χ1v) is 16.0. The fraction of sp³-hybridized carbons (Fsp3) is 0.182. The van der Waals surface area contributed by atoms with Crippen LogP contribution in [0.25, 0.3) is 0 Å². The number of carboxylic acid groups (broad SMARTS) is 1. The van der Waals surface area contributed by atoms with E-state index in [9.17, 15) is 19.5 Å². The highest BCUT2D eigenvalue weighted by molar-refractivity contribution is 8.00. The summed E-state index contributed by atoms with van der Waals surface area (Å²) in [7, 11) is 1.32. The van der Waals surface area contributed by atoms with Gasteiger partial charge >= 0.3 is 5.97 Å². The van der Waals surface area contributed by atoms with Crippen molar-refractivity contribution in [3.05, 3.63) is 130 Å². The Bertz CT molecular complexity index is 1700. The van der Waals surface area contributed by atoms with Crippen LogP contribution in [0.2, 0.25) is 0 Å². The molecular weight excluding hydrogens is 611 g/mol. The van der Waals surface area contributed by atoms with Crippen LogP contribution < -0.4 is 10.6 Å². The maximum absolute atomic E-state index is 13.5. The van der Waals surface area contributed by atoms with Crippen LogP contribution in [0, 0.1) is 0 Å². The lowest BCUT2D eigenvalue weighted by molar-refractivity contribution is -0.150. The summed E-state index contributed by atoms with van der Waals surface area (Å²) in [5.74, 6) is -1.88. The van der Waals surface area contributed by atoms with Crippen LogP contribution in [0.3, 0.4) is 0 Å². The number of carbonyl (C=O) groups is 3. The van der Waals surface area contributed by atoms with E-state index in [4.69, 9.17) is 9.82 Å². The minimum Gasteiger partial charge on any atom is -0.477 e. The number of anilines is 1. The summed E-state index contributed by atoms with van der Waals surface area (Å²) in [6.45, 7) is 1.69. The largest absolute Gasteiger partial charge is 0.477 e. The van der Waals surface area contributed by atoms with Gasteiger partial charge in [-0.2, -0.15) is 0 Å². The molecular formula is C33H29N5O5S2. The van der Waals surface area contributed by atoms with Gasteiger partial charge in [0.15, 0.2) is 10.8 Å². The summed E-state index contributed by atoms with van der Waals surface area (Å²) in [6.07, 6.45) is 0. The minimum absolute atomic E-state index is 0.0334. The van der Waals surface area contributed by atoms with Crippen LogP contribution in [0.5, 0.6) is 0 Å². The van der Waals surface area contributed by atoms with Gasteiger partial charge in [0.2, 0.25) is 0 Å². The number of hydrogen-bond acceptors (Lipinski definition) is 9. The number of hydrogen-bond donors (Lipinski definition) is 3. The highest BCUT2D eigenvalue weighted by atomic mass is 32.2. The monoisotopic (exact) mass is 639 g/mol. The first-order chi connectivity index (χ1) is 21.8. The smallest absolute Gasteiger partial charge is 0.352 e. The lowest BCUT2D eigenvalue weighted by Gasteiger charge is -2.49. The summed E-state index contributed by atoms with van der Waals surface area (Å²) in [5, 5.41) is 21.7. The summed E-state index contributed by atoms with van der Waals surface area (Å²) in [6, 6.07) is 29.3. The van der Waals surface area contributed by atoms with E-state index in [0.29, 0.717) is 16.5 Å². The molecule has 45 heavy (non-hydrogen) atoms. The van der Waals surface area contributed by atoms with Crippen molar-refractivity contribution in [1.29, 1.82) is 0 Å². The average molecular weight is 640 g/mol. The molecule has 10 nitrogen and oxygen atoms in total. The number of carboxylic acids is 1. The maximum atomic E-state index is 13.5. The predicted molar refractivity (Wildman–Crippen MR) is 174 cm³/mol. The van der Waals surface area contributed by atoms with Crippen molar-refractivity contribution in [3.63, 3.8) is 0 Å². The highest BCUT2D eigenvalue weighted by Gasteiger charge is 2.54. The van der Waals surface area contributed by atoms with Crippen LogP contribution in [0.1, 0.15) is 29.3 Å². The van der Waals surface area contributed by atoms with Crippen LogP contribution in [0.15, 0.2) is 113 Å². The van der Waals surface area contributed by atoms with Gasteiger partial charge in [0.25, 0.3) is 11.8 Å². The number of rotatable bonds is 10. The molecule has 4 aromatic rings. The van der Waals surface area contributed by atoms with Crippen LogP contribution >= 0.6 is 23.1 Å². The molecule has 3 aromatic carbocycles. The Kier molecular flexibility index (Phi) is 8.42. The number of fused-ring (bicyclic) bond motifs is 1. The second-order valence-electron chi connectivity index (χ2n) is 10.4. The van der Waals surface area contributed by atoms with Gasteiger partial charge in [-0.05, 0) is 29.2 Å². The van der Waals surface area contributed by atoms with E-state index in [0.717, 1.165) is 16.7 Å². The molecule has 2 aliphatic rings. The zero-order valence-corrected chi connectivity index (χ0v) is 26.0. The zero-order chi connectivity index (χ0) is 31.6. The molecule has 1 fully saturated rings. The van der Waals surface area contributed by atoms with Crippen LogP contribution in [-0.2, 0) is 24.8 Å². The standard InChI is InChI=1S/C33H29N5O5S2/c1-20-18-44-30-26(29(40)38(30)27(20)31(41)42)35-28(39)25(37-43-2)24-19-45-32(34-24)36-33(21-12-6-3-7-13-21,22-14-8-4-9-15-22)23-16-10-5-11-17-23/h3-17,19,26,30H,18H2,1-2H3,(H,34,36)(H,35,39)(H,41,42)/t26?,30-/m1/s1. The first-order valence-electron chi connectivity index (χ1n) is 14.1. The van der Waals surface area contributed by atoms with E-state index in [2.05, 4.69) is 52.2 Å². The van der Waals surface area contributed by atoms with Crippen molar-refractivity contribution in [1.82, 2.24) is 15.2 Å². The van der Waals surface area contributed by atoms with Crippen molar-refractivity contribution >= 4 is 51.7 Å². The molecule has 1 saturated heterocycles. The number of nitrogens with one attached hydrogen (secondary N) is 2. The zero-order valence-electron chi connectivity index (χ0n) is 24.3. The Labute approximate surface area is 267 Å². The molecule has 6 rings (SSSR count). The van der Waals surface area contributed by atoms with Crippen molar-refractivity contribution < 1.29 is 24.3 Å². The molecule has 0 saturated carbocycles. The third kappa shape index (κ3) is 5.47. The summed E-state index contributed by atoms with van der Waals surface area (Å²) in [4.78, 5) is 49.3. The molecule has 2 amide bonds. The lowest BCUT2D eigenvalue weighted by atomic mass is 9.77. The third-order valence-corrected chi connectivity index (χ3v) is 9.89. The molecule has 0 spiro atoms. The second kappa shape index (κ2) is 12.6. The third-order valence-electron chi connectivity index (χ3n) is 7.71. The van der Waals surface area contributed by atoms with Crippen LogP contribution in [0.4, 0.5) is 5.13 Å². The van der Waals surface area contributed by atoms with Gasteiger partial charge in [0, 0.05) is 11.1 Å². The normalized spacial score (nSPS) is 18.1. The summed E-state index contributed by atoms with van der Waals surface area (Å²) >= 11 is 2.70. The van der Waals surface area contributed by atoms with E-state index < -0.39 is 34.7 Å². The first kappa shape index (κ1) is 30.1. The molecule has 0 bridgehead atoms. The maximum Gasteiger partial charge on any atom is 0.352 e. The SMILES string of the molecule is CON=C(C(=O)NC1C(=O)N2C(C(=O)O)=C(C)CS[C@H]12)c1csc(NC(c2ccccc2)(c2ccccc2)c2ccccc2)n1. The van der Waals surface area contributed by atoms with E-state index >= 15 is 0 Å². The number of thiazole rings is 1. The molecule has 3 heterocycles. The number of nitrogens with zero attached hydrogens (tertiary/aromatic N) is 3. The second-order valence-corrected chi connectivity index (χ2v) is 12.4. The summed E-state index contributed by atoms with van der Waals surface area (Å²) in [5.41, 5.74) is 2.86. The van der Waals surface area contributed by atoms with Gasteiger partial charge in [-0.25, -0.2) is 9.78 Å². The van der Waals surface area contributed by atoms with E-state index in [-0.39, 0.29) is 17.1 Å². The van der Waals surface area contributed by atoms with Gasteiger partial charge in [0.1, 0.15) is 35.5 Å².